The van der Waals surface area contributed by atoms with Crippen LogP contribution in [0.5, 0.6) is 5.75 Å². The molecule has 22 heavy (non-hydrogen) atoms. The molecule has 0 amide bonds. The summed E-state index contributed by atoms with van der Waals surface area (Å²) in [5, 5.41) is 0.689. The van der Waals surface area contributed by atoms with E-state index in [0.29, 0.717) is 16.7 Å². The molecule has 3 rings (SSSR count). The Morgan fingerprint density at radius 2 is 1.95 bits per heavy atom. The van der Waals surface area contributed by atoms with Gasteiger partial charge in [-0.1, -0.05) is 6.07 Å². The molecular formula is C16H18O6. The van der Waals surface area contributed by atoms with Crippen molar-refractivity contribution < 1.29 is 23.4 Å². The van der Waals surface area contributed by atoms with Crippen molar-refractivity contribution in [1.82, 2.24) is 0 Å². The largest absolute Gasteiger partial charge is 0.456 e. The lowest BCUT2D eigenvalue weighted by atomic mass is 10.1. The first-order valence-electron chi connectivity index (χ1n) is 6.96. The summed E-state index contributed by atoms with van der Waals surface area (Å²) in [6, 6.07) is 8.26. The van der Waals surface area contributed by atoms with Gasteiger partial charge in [0, 0.05) is 27.2 Å². The van der Waals surface area contributed by atoms with Gasteiger partial charge in [-0.25, -0.2) is 4.79 Å². The second kappa shape index (κ2) is 5.08. The summed E-state index contributed by atoms with van der Waals surface area (Å²) < 4.78 is 27.7. The highest BCUT2D eigenvalue weighted by molar-refractivity contribution is 5.83. The smallest absolute Gasteiger partial charge is 0.336 e. The van der Waals surface area contributed by atoms with E-state index in [1.54, 1.807) is 45.4 Å². The van der Waals surface area contributed by atoms with E-state index in [2.05, 4.69) is 0 Å². The highest BCUT2D eigenvalue weighted by Crippen LogP contribution is 2.52. The van der Waals surface area contributed by atoms with Crippen LogP contribution in [0.15, 0.2) is 39.5 Å². The molecular weight excluding hydrogens is 288 g/mol. The van der Waals surface area contributed by atoms with Gasteiger partial charge in [-0.05, 0) is 25.1 Å². The van der Waals surface area contributed by atoms with Gasteiger partial charge in [0.05, 0.1) is 5.39 Å². The van der Waals surface area contributed by atoms with Crippen molar-refractivity contribution in [1.29, 1.82) is 0 Å². The van der Waals surface area contributed by atoms with Gasteiger partial charge >= 0.3 is 5.63 Å². The Morgan fingerprint density at radius 3 is 2.64 bits per heavy atom. The third-order valence-corrected chi connectivity index (χ3v) is 4.06. The third-order valence-electron chi connectivity index (χ3n) is 4.06. The minimum Gasteiger partial charge on any atom is -0.456 e. The average Bonchev–Trinajstić information content (AvgIpc) is 3.12. The Morgan fingerprint density at radius 1 is 1.18 bits per heavy atom. The first kappa shape index (κ1) is 15.0. The zero-order valence-electron chi connectivity index (χ0n) is 12.9. The minimum atomic E-state index is -0.985. The van der Waals surface area contributed by atoms with Gasteiger partial charge in [0.25, 0.3) is 11.6 Å². The molecule has 1 aromatic carbocycles. The number of ether oxygens (including phenoxy) is 4. The summed E-state index contributed by atoms with van der Waals surface area (Å²) in [6.45, 7) is 3.63. The molecule has 3 atom stereocenters. The SMILES string of the molecule is COC(C)C1(OC)OC1(C)Oc1cccc2oc(=O)ccc12. The molecule has 1 aliphatic heterocycles. The van der Waals surface area contributed by atoms with E-state index in [9.17, 15) is 4.79 Å². The third kappa shape index (κ3) is 2.11. The molecule has 1 aromatic heterocycles. The maximum Gasteiger partial charge on any atom is 0.336 e. The average molecular weight is 306 g/mol. The standard InChI is InChI=1S/C16H18O6/c1-10(18-3)16(19-4)15(2,22-16)21-13-7-5-6-12-11(13)8-9-14(17)20-12/h5-10H,1-4H3. The van der Waals surface area contributed by atoms with E-state index in [1.807, 2.05) is 6.92 Å². The van der Waals surface area contributed by atoms with Crippen LogP contribution in [0, 0.1) is 0 Å². The molecule has 118 valence electrons. The summed E-state index contributed by atoms with van der Waals surface area (Å²) in [4.78, 5) is 11.3. The van der Waals surface area contributed by atoms with Crippen molar-refractivity contribution >= 4 is 11.0 Å². The number of hydrogen-bond donors (Lipinski definition) is 0. The van der Waals surface area contributed by atoms with Crippen molar-refractivity contribution in [3.05, 3.63) is 40.8 Å². The molecule has 0 bridgehead atoms. The van der Waals surface area contributed by atoms with Crippen molar-refractivity contribution in [2.75, 3.05) is 14.2 Å². The van der Waals surface area contributed by atoms with Crippen LogP contribution in [-0.4, -0.2) is 31.9 Å². The van der Waals surface area contributed by atoms with E-state index in [0.717, 1.165) is 0 Å². The lowest BCUT2D eigenvalue weighted by molar-refractivity contribution is -0.110. The Bertz CT molecular complexity index is 754. The van der Waals surface area contributed by atoms with Crippen LogP contribution < -0.4 is 10.4 Å². The first-order valence-corrected chi connectivity index (χ1v) is 6.96. The second-order valence-electron chi connectivity index (χ2n) is 5.32. The molecule has 2 aromatic rings. The molecule has 6 heteroatoms. The van der Waals surface area contributed by atoms with Crippen LogP contribution in [0.25, 0.3) is 11.0 Å². The molecule has 1 aliphatic rings. The first-order chi connectivity index (χ1) is 10.5. The molecule has 0 aliphatic carbocycles. The number of methoxy groups -OCH3 is 2. The zero-order valence-corrected chi connectivity index (χ0v) is 12.9. The van der Waals surface area contributed by atoms with E-state index in [-0.39, 0.29) is 6.10 Å². The topological polar surface area (TPSA) is 70.4 Å². The number of epoxide rings is 1. The zero-order chi connectivity index (χ0) is 16.0. The van der Waals surface area contributed by atoms with Crippen LogP contribution >= 0.6 is 0 Å². The van der Waals surface area contributed by atoms with Crippen molar-refractivity contribution in [2.24, 2.45) is 0 Å². The Kier molecular flexibility index (Phi) is 3.47. The number of hydrogen-bond acceptors (Lipinski definition) is 6. The molecule has 0 radical (unpaired) electrons. The predicted molar refractivity (Wildman–Crippen MR) is 78.8 cm³/mol. The van der Waals surface area contributed by atoms with Crippen molar-refractivity contribution in [2.45, 2.75) is 31.5 Å². The van der Waals surface area contributed by atoms with E-state index in [1.165, 1.54) is 6.07 Å². The Hall–Kier alpha value is -1.89. The fourth-order valence-electron chi connectivity index (χ4n) is 2.73. The van der Waals surface area contributed by atoms with Gasteiger partial charge in [-0.2, -0.15) is 0 Å². The molecule has 0 spiro atoms. The van der Waals surface area contributed by atoms with Crippen molar-refractivity contribution in [3.63, 3.8) is 0 Å². The number of rotatable bonds is 5. The summed E-state index contributed by atoms with van der Waals surface area (Å²) in [6.07, 6.45) is -0.310. The van der Waals surface area contributed by atoms with Gasteiger partial charge < -0.3 is 18.6 Å². The molecule has 0 saturated carbocycles. The molecule has 3 unspecified atom stereocenters. The molecule has 2 heterocycles. The van der Waals surface area contributed by atoms with Gasteiger partial charge in [0.2, 0.25) is 0 Å². The van der Waals surface area contributed by atoms with E-state index >= 15 is 0 Å². The monoisotopic (exact) mass is 306 g/mol. The highest BCUT2D eigenvalue weighted by Gasteiger charge is 2.75. The van der Waals surface area contributed by atoms with E-state index < -0.39 is 17.2 Å². The number of benzene rings is 1. The van der Waals surface area contributed by atoms with Gasteiger partial charge in [0.15, 0.2) is 0 Å². The highest BCUT2D eigenvalue weighted by atomic mass is 16.9. The molecule has 0 N–H and O–H groups in total. The Balaban J connectivity index is 1.96. The normalized spacial score (nSPS) is 28.5. The Labute approximate surface area is 127 Å². The molecule has 1 fully saturated rings. The molecule has 1 saturated heterocycles. The van der Waals surface area contributed by atoms with Gasteiger partial charge in [-0.3, -0.25) is 4.74 Å². The summed E-state index contributed by atoms with van der Waals surface area (Å²) in [7, 11) is 3.13. The maximum absolute atomic E-state index is 11.3. The predicted octanol–water partition coefficient (Wildman–Crippen LogP) is 2.30. The fourth-order valence-corrected chi connectivity index (χ4v) is 2.73. The van der Waals surface area contributed by atoms with Crippen LogP contribution in [0.4, 0.5) is 0 Å². The summed E-state index contributed by atoms with van der Waals surface area (Å²) in [5.41, 5.74) is 0.0508. The quantitative estimate of drug-likeness (QED) is 0.623. The minimum absolute atomic E-state index is 0.310. The maximum atomic E-state index is 11.3. The van der Waals surface area contributed by atoms with Crippen LogP contribution in [0.3, 0.4) is 0 Å². The van der Waals surface area contributed by atoms with Crippen LogP contribution in [-0.2, 0) is 14.2 Å². The van der Waals surface area contributed by atoms with Gasteiger partial charge in [0.1, 0.15) is 17.4 Å². The lowest BCUT2D eigenvalue weighted by Gasteiger charge is -2.21. The number of fused-ring (bicyclic) bond motifs is 1. The van der Waals surface area contributed by atoms with Crippen LogP contribution in [0.1, 0.15) is 13.8 Å². The van der Waals surface area contributed by atoms with Crippen LogP contribution in [0.2, 0.25) is 0 Å². The molecule has 6 nitrogen and oxygen atoms in total. The summed E-state index contributed by atoms with van der Waals surface area (Å²) in [5.74, 6) is -1.41. The van der Waals surface area contributed by atoms with Crippen molar-refractivity contribution in [3.8, 4) is 5.75 Å². The lowest BCUT2D eigenvalue weighted by Crippen LogP contribution is -2.40. The second-order valence-corrected chi connectivity index (χ2v) is 5.32. The summed E-state index contributed by atoms with van der Waals surface area (Å²) >= 11 is 0. The fraction of sp³-hybridized carbons (Fsp3) is 0.438. The van der Waals surface area contributed by atoms with E-state index in [4.69, 9.17) is 23.4 Å². The van der Waals surface area contributed by atoms with Gasteiger partial charge in [-0.15, -0.1) is 0 Å².